The molecule has 2 aromatic carbocycles. The fourth-order valence-electron chi connectivity index (χ4n) is 2.62. The van der Waals surface area contributed by atoms with Crippen molar-refractivity contribution >= 4 is 40.4 Å². The van der Waals surface area contributed by atoms with Crippen molar-refractivity contribution in [3.05, 3.63) is 65.7 Å². The Balaban J connectivity index is 2.20. The minimum absolute atomic E-state index is 0.0224. The lowest BCUT2D eigenvalue weighted by Gasteiger charge is -2.21. The van der Waals surface area contributed by atoms with Gasteiger partial charge < -0.3 is 20.6 Å². The van der Waals surface area contributed by atoms with Gasteiger partial charge in [-0.25, -0.2) is 13.6 Å². The Morgan fingerprint density at radius 1 is 1.14 bits per heavy atom. The normalized spacial score (nSPS) is 11.1. The first-order valence-electron chi connectivity index (χ1n) is 8.67. The predicted molar refractivity (Wildman–Crippen MR) is 111 cm³/mol. The van der Waals surface area contributed by atoms with Crippen LogP contribution in [0.1, 0.15) is 19.4 Å². The molecular weight excluding hydrogens is 384 g/mol. The van der Waals surface area contributed by atoms with E-state index >= 15 is 0 Å². The molecule has 0 saturated carbocycles. The largest absolute Gasteiger partial charge is 0.478 e. The number of benzene rings is 2. The zero-order chi connectivity index (χ0) is 20.7. The highest BCUT2D eigenvalue weighted by Crippen LogP contribution is 2.20. The first-order valence-corrected chi connectivity index (χ1v) is 9.08. The van der Waals surface area contributed by atoms with Crippen LogP contribution in [0.25, 0.3) is 5.70 Å². The van der Waals surface area contributed by atoms with E-state index in [1.807, 2.05) is 26.0 Å². The number of carboxylic acid groups (broad SMARTS) is 1. The second-order valence-electron chi connectivity index (χ2n) is 5.82. The van der Waals surface area contributed by atoms with Crippen molar-refractivity contribution in [2.45, 2.75) is 13.8 Å². The van der Waals surface area contributed by atoms with Crippen LogP contribution < -0.4 is 15.5 Å². The lowest BCUT2D eigenvalue weighted by atomic mass is 10.1. The minimum atomic E-state index is -1.16. The Labute approximate surface area is 167 Å². The van der Waals surface area contributed by atoms with Crippen LogP contribution in [0.3, 0.4) is 0 Å². The highest BCUT2D eigenvalue weighted by atomic mass is 32.1. The van der Waals surface area contributed by atoms with Gasteiger partial charge in [0, 0.05) is 30.9 Å². The Kier molecular flexibility index (Phi) is 7.45. The van der Waals surface area contributed by atoms with Gasteiger partial charge in [-0.3, -0.25) is 0 Å². The Morgan fingerprint density at radius 2 is 1.79 bits per heavy atom. The van der Waals surface area contributed by atoms with Gasteiger partial charge in [0.15, 0.2) is 5.11 Å². The SMILES string of the molecule is CCN(CC)c1ccc(/C(=C\C(=O)O)NC(=S)Nc2ccc(F)cc2F)cc1. The molecule has 2 aromatic rings. The number of carboxylic acids is 1. The molecule has 2 rings (SSSR count). The smallest absolute Gasteiger partial charge is 0.330 e. The molecule has 0 saturated heterocycles. The van der Waals surface area contributed by atoms with E-state index < -0.39 is 17.6 Å². The van der Waals surface area contributed by atoms with E-state index in [4.69, 9.17) is 17.3 Å². The fraction of sp³-hybridized carbons (Fsp3) is 0.200. The maximum atomic E-state index is 13.8. The third-order valence-electron chi connectivity index (χ3n) is 4.00. The molecule has 28 heavy (non-hydrogen) atoms. The van der Waals surface area contributed by atoms with Crippen LogP contribution in [0, 0.1) is 11.6 Å². The Bertz CT molecular complexity index is 882. The highest BCUT2D eigenvalue weighted by Gasteiger charge is 2.10. The molecule has 0 aromatic heterocycles. The summed E-state index contributed by atoms with van der Waals surface area (Å²) in [6.07, 6.45) is 0.974. The van der Waals surface area contributed by atoms with Gasteiger partial charge in [0.25, 0.3) is 0 Å². The summed E-state index contributed by atoms with van der Waals surface area (Å²) >= 11 is 5.14. The number of rotatable bonds is 7. The average Bonchev–Trinajstić information content (AvgIpc) is 2.65. The summed E-state index contributed by atoms with van der Waals surface area (Å²) in [6, 6.07) is 10.3. The van der Waals surface area contributed by atoms with E-state index in [0.29, 0.717) is 5.56 Å². The molecule has 8 heteroatoms. The lowest BCUT2D eigenvalue weighted by molar-refractivity contribution is -0.131. The molecule has 3 N–H and O–H groups in total. The summed E-state index contributed by atoms with van der Waals surface area (Å²) in [7, 11) is 0. The van der Waals surface area contributed by atoms with Crippen molar-refractivity contribution in [1.29, 1.82) is 0 Å². The quantitative estimate of drug-likeness (QED) is 0.474. The van der Waals surface area contributed by atoms with Crippen molar-refractivity contribution in [3.63, 3.8) is 0 Å². The van der Waals surface area contributed by atoms with Gasteiger partial charge in [-0.1, -0.05) is 12.1 Å². The highest BCUT2D eigenvalue weighted by molar-refractivity contribution is 7.80. The molecule has 0 aliphatic carbocycles. The van der Waals surface area contributed by atoms with Gasteiger partial charge in [-0.05, 0) is 55.9 Å². The van der Waals surface area contributed by atoms with Gasteiger partial charge in [-0.2, -0.15) is 0 Å². The molecular formula is C20H21F2N3O2S. The molecule has 0 aliphatic rings. The van der Waals surface area contributed by atoms with Crippen LogP contribution in [0.5, 0.6) is 0 Å². The average molecular weight is 405 g/mol. The molecule has 0 fully saturated rings. The minimum Gasteiger partial charge on any atom is -0.478 e. The summed E-state index contributed by atoms with van der Waals surface area (Å²) in [5.74, 6) is -2.68. The van der Waals surface area contributed by atoms with Crippen LogP contribution in [-0.4, -0.2) is 29.3 Å². The summed E-state index contributed by atoms with van der Waals surface area (Å²) < 4.78 is 26.8. The summed E-state index contributed by atoms with van der Waals surface area (Å²) in [4.78, 5) is 13.3. The Hall–Kier alpha value is -3.00. The monoisotopic (exact) mass is 405 g/mol. The number of thiocarbonyl (C=S) groups is 1. The van der Waals surface area contributed by atoms with Crippen molar-refractivity contribution in [1.82, 2.24) is 5.32 Å². The molecule has 0 atom stereocenters. The molecule has 0 amide bonds. The van der Waals surface area contributed by atoms with Crippen molar-refractivity contribution in [2.24, 2.45) is 0 Å². The number of nitrogens with zero attached hydrogens (tertiary/aromatic N) is 1. The number of hydrogen-bond acceptors (Lipinski definition) is 3. The van der Waals surface area contributed by atoms with E-state index in [-0.39, 0.29) is 16.5 Å². The number of hydrogen-bond donors (Lipinski definition) is 3. The molecule has 0 aliphatic heterocycles. The number of halogens is 2. The predicted octanol–water partition coefficient (Wildman–Crippen LogP) is 4.22. The van der Waals surface area contributed by atoms with Crippen molar-refractivity contribution in [2.75, 3.05) is 23.3 Å². The van der Waals surface area contributed by atoms with E-state index in [0.717, 1.165) is 37.0 Å². The maximum absolute atomic E-state index is 13.8. The number of nitrogens with one attached hydrogen (secondary N) is 2. The fourth-order valence-corrected chi connectivity index (χ4v) is 2.84. The van der Waals surface area contributed by atoms with Crippen LogP contribution in [0.2, 0.25) is 0 Å². The van der Waals surface area contributed by atoms with Gasteiger partial charge in [0.1, 0.15) is 11.6 Å². The second-order valence-corrected chi connectivity index (χ2v) is 6.23. The molecule has 0 radical (unpaired) electrons. The molecule has 0 unspecified atom stereocenters. The van der Waals surface area contributed by atoms with E-state index in [9.17, 15) is 13.6 Å². The lowest BCUT2D eigenvalue weighted by Crippen LogP contribution is -2.28. The standard InChI is InChI=1S/C20H21F2N3O2S/c1-3-25(4-2)15-8-5-13(6-9-15)18(12-19(26)27)24-20(28)23-17-10-7-14(21)11-16(17)22/h5-12H,3-4H2,1-2H3,(H,26,27)(H2,23,24,28)/b18-12+. The summed E-state index contributed by atoms with van der Waals surface area (Å²) in [5.41, 5.74) is 1.82. The second kappa shape index (κ2) is 9.80. The zero-order valence-electron chi connectivity index (χ0n) is 15.5. The molecule has 0 bridgehead atoms. The number of aliphatic carboxylic acids is 1. The van der Waals surface area contributed by atoms with Crippen molar-refractivity contribution < 1.29 is 18.7 Å². The third kappa shape index (κ3) is 5.75. The van der Waals surface area contributed by atoms with Crippen LogP contribution in [0.4, 0.5) is 20.2 Å². The zero-order valence-corrected chi connectivity index (χ0v) is 16.3. The van der Waals surface area contributed by atoms with E-state index in [1.165, 1.54) is 6.07 Å². The summed E-state index contributed by atoms with van der Waals surface area (Å²) in [5, 5.41) is 14.5. The first kappa shape index (κ1) is 21.3. The van der Waals surface area contributed by atoms with Gasteiger partial charge in [-0.15, -0.1) is 0 Å². The van der Waals surface area contributed by atoms with Crippen LogP contribution >= 0.6 is 12.2 Å². The van der Waals surface area contributed by atoms with Gasteiger partial charge in [0.2, 0.25) is 0 Å². The maximum Gasteiger partial charge on any atom is 0.330 e. The first-order chi connectivity index (χ1) is 13.3. The van der Waals surface area contributed by atoms with Gasteiger partial charge in [0.05, 0.1) is 11.4 Å². The van der Waals surface area contributed by atoms with Crippen LogP contribution in [0.15, 0.2) is 48.5 Å². The molecule has 148 valence electrons. The van der Waals surface area contributed by atoms with Gasteiger partial charge >= 0.3 is 5.97 Å². The van der Waals surface area contributed by atoms with E-state index in [1.54, 1.807) is 12.1 Å². The Morgan fingerprint density at radius 3 is 2.32 bits per heavy atom. The third-order valence-corrected chi connectivity index (χ3v) is 4.21. The number of anilines is 2. The van der Waals surface area contributed by atoms with Crippen molar-refractivity contribution in [3.8, 4) is 0 Å². The van der Waals surface area contributed by atoms with Crippen LogP contribution in [-0.2, 0) is 4.79 Å². The van der Waals surface area contributed by atoms with E-state index in [2.05, 4.69) is 15.5 Å². The molecule has 0 spiro atoms. The summed E-state index contributed by atoms with van der Waals surface area (Å²) in [6.45, 7) is 5.80. The molecule has 5 nitrogen and oxygen atoms in total. The molecule has 0 heterocycles. The number of carbonyl (C=O) groups is 1. The topological polar surface area (TPSA) is 64.6 Å².